The Balaban J connectivity index is 1.71. The highest BCUT2D eigenvalue weighted by Crippen LogP contribution is 2.74. The molecule has 0 atom stereocenters. The van der Waals surface area contributed by atoms with Crippen molar-refractivity contribution in [2.45, 2.75) is 94.0 Å². The van der Waals surface area contributed by atoms with Crippen LogP contribution < -0.4 is 0 Å². The summed E-state index contributed by atoms with van der Waals surface area (Å²) in [6, 6.07) is 18.9. The Hall–Kier alpha value is -1.13. The summed E-state index contributed by atoms with van der Waals surface area (Å²) in [6.45, 7) is 2.50. The van der Waals surface area contributed by atoms with E-state index in [0.717, 1.165) is 11.3 Å². The lowest BCUT2D eigenvalue weighted by molar-refractivity contribution is 0.473. The van der Waals surface area contributed by atoms with E-state index < -0.39 is 0 Å². The first kappa shape index (κ1) is 18.9. The summed E-state index contributed by atoms with van der Waals surface area (Å²) in [5.41, 5.74) is 8.40. The smallest absolute Gasteiger partial charge is 0.0416 e. The predicted molar refractivity (Wildman–Crippen MR) is 124 cm³/mol. The Kier molecular flexibility index (Phi) is 5.36. The van der Waals surface area contributed by atoms with E-state index in [0.29, 0.717) is 5.16 Å². The lowest BCUT2D eigenvalue weighted by Gasteiger charge is -2.50. The van der Waals surface area contributed by atoms with Crippen molar-refractivity contribution < 1.29 is 0 Å². The molecule has 0 heterocycles. The minimum Gasteiger partial charge on any atom is -0.0847 e. The molecule has 1 heteroatoms. The summed E-state index contributed by atoms with van der Waals surface area (Å²) >= 11 is 0. The maximum atomic E-state index is 2.50. The van der Waals surface area contributed by atoms with Gasteiger partial charge in [-0.1, -0.05) is 102 Å². The fourth-order valence-electron chi connectivity index (χ4n) is 6.78. The van der Waals surface area contributed by atoms with Gasteiger partial charge in [0.1, 0.15) is 0 Å². The quantitative estimate of drug-likeness (QED) is 0.459. The van der Waals surface area contributed by atoms with Crippen molar-refractivity contribution in [3.8, 4) is 11.1 Å². The average Bonchev–Trinajstić information content (AvgIpc) is 3.07. The molecule has 0 aliphatic heterocycles. The zero-order valence-electron chi connectivity index (χ0n) is 17.5. The van der Waals surface area contributed by atoms with Crippen LogP contribution in [0.3, 0.4) is 0 Å². The van der Waals surface area contributed by atoms with Gasteiger partial charge in [-0.15, -0.1) is 0 Å². The lowest BCUT2D eigenvalue weighted by atomic mass is 9.93. The van der Waals surface area contributed by atoms with E-state index in [2.05, 4.69) is 55.5 Å². The van der Waals surface area contributed by atoms with E-state index in [-0.39, 0.29) is 7.92 Å². The van der Waals surface area contributed by atoms with E-state index in [4.69, 9.17) is 0 Å². The van der Waals surface area contributed by atoms with Crippen LogP contribution in [0.25, 0.3) is 11.1 Å². The number of fused-ring (bicyclic) bond motifs is 3. The Morgan fingerprint density at radius 3 is 1.54 bits per heavy atom. The molecule has 2 fully saturated rings. The van der Waals surface area contributed by atoms with Crippen LogP contribution in [-0.2, 0) is 5.16 Å². The van der Waals surface area contributed by atoms with E-state index in [1.807, 2.05) is 0 Å². The third-order valence-corrected chi connectivity index (χ3v) is 12.2. The van der Waals surface area contributed by atoms with Crippen LogP contribution in [0.15, 0.2) is 48.5 Å². The van der Waals surface area contributed by atoms with Gasteiger partial charge in [0.25, 0.3) is 0 Å². The maximum absolute atomic E-state index is 2.50. The molecule has 2 saturated carbocycles. The number of benzene rings is 2. The van der Waals surface area contributed by atoms with Crippen molar-refractivity contribution >= 4 is 7.92 Å². The Labute approximate surface area is 172 Å². The topological polar surface area (TPSA) is 0 Å². The van der Waals surface area contributed by atoms with Crippen LogP contribution in [0.2, 0.25) is 0 Å². The van der Waals surface area contributed by atoms with E-state index in [1.165, 1.54) is 70.6 Å². The fourth-order valence-corrected chi connectivity index (χ4v) is 11.8. The first-order chi connectivity index (χ1) is 13.9. The molecule has 0 amide bonds. The second-order valence-electron chi connectivity index (χ2n) is 9.30. The molecule has 0 N–H and O–H groups in total. The molecule has 0 nitrogen and oxygen atoms in total. The molecule has 28 heavy (non-hydrogen) atoms. The van der Waals surface area contributed by atoms with Crippen molar-refractivity contribution in [2.24, 2.45) is 0 Å². The van der Waals surface area contributed by atoms with Gasteiger partial charge in [-0.05, 0) is 65.7 Å². The van der Waals surface area contributed by atoms with Crippen molar-refractivity contribution in [3.05, 3.63) is 59.7 Å². The third kappa shape index (κ3) is 2.90. The highest BCUT2D eigenvalue weighted by molar-refractivity contribution is 7.60. The monoisotopic (exact) mass is 390 g/mol. The first-order valence-corrected chi connectivity index (χ1v) is 13.3. The van der Waals surface area contributed by atoms with Gasteiger partial charge in [0.2, 0.25) is 0 Å². The largest absolute Gasteiger partial charge is 0.0847 e. The highest BCUT2D eigenvalue weighted by atomic mass is 31.1. The van der Waals surface area contributed by atoms with Crippen LogP contribution in [0.1, 0.15) is 88.7 Å². The minimum absolute atomic E-state index is 0.0557. The molecule has 0 aromatic heterocycles. The number of hydrogen-bond acceptors (Lipinski definition) is 0. The molecule has 0 radical (unpaired) electrons. The summed E-state index contributed by atoms with van der Waals surface area (Å²) in [7, 11) is -0.0557. The van der Waals surface area contributed by atoms with Gasteiger partial charge in [0.05, 0.1) is 0 Å². The van der Waals surface area contributed by atoms with Crippen LogP contribution >= 0.6 is 7.92 Å². The van der Waals surface area contributed by atoms with Gasteiger partial charge in [-0.25, -0.2) is 0 Å². The molecular weight excluding hydrogens is 355 g/mol. The number of rotatable bonds is 4. The Morgan fingerprint density at radius 1 is 0.679 bits per heavy atom. The van der Waals surface area contributed by atoms with E-state index in [1.54, 1.807) is 22.3 Å². The standard InChI is InChI=1S/C27H35P/c1-2-27(25-19-11-9-17-23(25)24-18-10-12-20-26(24)27)28(21-13-5-3-6-14-21)22-15-7-4-8-16-22/h9-12,17-22H,2-8,13-16H2,1H3. The van der Waals surface area contributed by atoms with Gasteiger partial charge in [-0.3, -0.25) is 0 Å². The molecule has 0 saturated heterocycles. The minimum atomic E-state index is -0.0557. The molecule has 3 aliphatic rings. The Morgan fingerprint density at radius 2 is 1.11 bits per heavy atom. The second kappa shape index (κ2) is 7.95. The molecule has 0 bridgehead atoms. The second-order valence-corrected chi connectivity index (χ2v) is 12.3. The summed E-state index contributed by atoms with van der Waals surface area (Å²) < 4.78 is 0. The van der Waals surface area contributed by atoms with Crippen molar-refractivity contribution in [1.29, 1.82) is 0 Å². The Bertz CT molecular complexity index is 747. The molecule has 3 aliphatic carbocycles. The zero-order chi connectivity index (χ0) is 19.0. The summed E-state index contributed by atoms with van der Waals surface area (Å²) in [5.74, 6) is 0. The van der Waals surface area contributed by atoms with Crippen LogP contribution in [-0.4, -0.2) is 11.3 Å². The molecule has 5 rings (SSSR count). The highest BCUT2D eigenvalue weighted by Gasteiger charge is 2.51. The molecule has 148 valence electrons. The van der Waals surface area contributed by atoms with Crippen molar-refractivity contribution in [1.82, 2.24) is 0 Å². The van der Waals surface area contributed by atoms with Crippen molar-refractivity contribution in [3.63, 3.8) is 0 Å². The van der Waals surface area contributed by atoms with Gasteiger partial charge in [0, 0.05) is 5.16 Å². The SMILES string of the molecule is CCC1(P(C2CCCCC2)C2CCCCC2)c2ccccc2-c2ccccc21. The van der Waals surface area contributed by atoms with Gasteiger partial charge in [0.15, 0.2) is 0 Å². The molecule has 2 aromatic rings. The lowest BCUT2D eigenvalue weighted by Crippen LogP contribution is -2.34. The summed E-state index contributed by atoms with van der Waals surface area (Å²) in [5, 5.41) is 0.298. The predicted octanol–water partition coefficient (Wildman–Crippen LogP) is 8.47. The summed E-state index contributed by atoms with van der Waals surface area (Å²) in [6.07, 6.45) is 16.1. The summed E-state index contributed by atoms with van der Waals surface area (Å²) in [4.78, 5) is 0. The van der Waals surface area contributed by atoms with E-state index in [9.17, 15) is 0 Å². The molecule has 0 unspecified atom stereocenters. The van der Waals surface area contributed by atoms with Gasteiger partial charge in [-0.2, -0.15) is 0 Å². The average molecular weight is 391 g/mol. The van der Waals surface area contributed by atoms with Crippen molar-refractivity contribution in [2.75, 3.05) is 0 Å². The van der Waals surface area contributed by atoms with Gasteiger partial charge >= 0.3 is 0 Å². The molecular formula is C27H35P. The molecule has 0 spiro atoms. The first-order valence-electron chi connectivity index (χ1n) is 11.8. The van der Waals surface area contributed by atoms with E-state index >= 15 is 0 Å². The fraction of sp³-hybridized carbons (Fsp3) is 0.556. The maximum Gasteiger partial charge on any atom is 0.0416 e. The van der Waals surface area contributed by atoms with Gasteiger partial charge < -0.3 is 0 Å². The normalized spacial score (nSPS) is 22.2. The zero-order valence-corrected chi connectivity index (χ0v) is 18.4. The third-order valence-electron chi connectivity index (χ3n) is 7.92. The van der Waals surface area contributed by atoms with Crippen LogP contribution in [0.4, 0.5) is 0 Å². The van der Waals surface area contributed by atoms with Crippen LogP contribution in [0.5, 0.6) is 0 Å². The molecule has 2 aromatic carbocycles. The number of hydrogen-bond donors (Lipinski definition) is 0. The van der Waals surface area contributed by atoms with Crippen LogP contribution in [0, 0.1) is 0 Å².